The van der Waals surface area contributed by atoms with Crippen molar-refractivity contribution >= 4 is 11.5 Å². The molecule has 3 nitrogen and oxygen atoms in total. The van der Waals surface area contributed by atoms with E-state index in [9.17, 15) is 4.79 Å². The normalized spacial score (nSPS) is 18.7. The maximum atomic E-state index is 12.2. The summed E-state index contributed by atoms with van der Waals surface area (Å²) >= 11 is 0. The second-order valence-electron chi connectivity index (χ2n) is 5.28. The Hall–Kier alpha value is -1.61. The van der Waals surface area contributed by atoms with Gasteiger partial charge in [-0.1, -0.05) is 43.3 Å². The molecule has 3 heteroatoms. The van der Waals surface area contributed by atoms with Crippen molar-refractivity contribution in [1.82, 2.24) is 4.90 Å². The lowest BCUT2D eigenvalue weighted by Crippen LogP contribution is -2.43. The quantitative estimate of drug-likeness (QED) is 0.904. The van der Waals surface area contributed by atoms with Gasteiger partial charge in [0, 0.05) is 19.1 Å². The third-order valence-electron chi connectivity index (χ3n) is 3.84. The number of rotatable bonds is 3. The molecule has 1 aromatic carbocycles. The van der Waals surface area contributed by atoms with Crippen LogP contribution in [0.2, 0.25) is 0 Å². The van der Waals surface area contributed by atoms with E-state index in [0.717, 1.165) is 13.0 Å². The molecule has 2 N–H and O–H groups in total. The lowest BCUT2D eigenvalue weighted by Gasteiger charge is -2.30. The van der Waals surface area contributed by atoms with E-state index in [4.69, 9.17) is 5.73 Å². The van der Waals surface area contributed by atoms with E-state index < -0.39 is 0 Å². The van der Waals surface area contributed by atoms with Gasteiger partial charge in [-0.25, -0.2) is 0 Å². The van der Waals surface area contributed by atoms with Gasteiger partial charge < -0.3 is 10.6 Å². The lowest BCUT2D eigenvalue weighted by atomic mass is 9.97. The van der Waals surface area contributed by atoms with E-state index in [1.807, 2.05) is 36.9 Å². The number of nitrogens with zero attached hydrogens (tertiary/aromatic N) is 1. The maximum absolute atomic E-state index is 12.2. The minimum Gasteiger partial charge on any atom is -0.338 e. The second kappa shape index (κ2) is 6.02. The van der Waals surface area contributed by atoms with E-state index in [1.54, 1.807) is 0 Å². The molecular formula is C16H22N2O. The van der Waals surface area contributed by atoms with Gasteiger partial charge >= 0.3 is 0 Å². The van der Waals surface area contributed by atoms with Gasteiger partial charge in [-0.05, 0) is 24.5 Å². The van der Waals surface area contributed by atoms with E-state index in [2.05, 4.69) is 18.2 Å². The summed E-state index contributed by atoms with van der Waals surface area (Å²) in [6.45, 7) is 5.28. The highest BCUT2D eigenvalue weighted by molar-refractivity contribution is 5.80. The zero-order valence-electron chi connectivity index (χ0n) is 11.7. The van der Waals surface area contributed by atoms with Crippen LogP contribution in [0.25, 0.3) is 5.57 Å². The maximum Gasteiger partial charge on any atom is 0.227 e. The predicted octanol–water partition coefficient (Wildman–Crippen LogP) is 2.29. The fourth-order valence-electron chi connectivity index (χ4n) is 2.30. The number of benzene rings is 1. The minimum absolute atomic E-state index is 0.0907. The van der Waals surface area contributed by atoms with E-state index in [0.29, 0.717) is 6.54 Å². The first-order valence-corrected chi connectivity index (χ1v) is 6.88. The predicted molar refractivity (Wildman–Crippen MR) is 78.4 cm³/mol. The Morgan fingerprint density at radius 1 is 1.26 bits per heavy atom. The Labute approximate surface area is 115 Å². The molecule has 0 spiro atoms. The van der Waals surface area contributed by atoms with E-state index in [1.165, 1.54) is 11.1 Å². The third-order valence-corrected chi connectivity index (χ3v) is 3.84. The molecule has 1 aliphatic rings. The first-order valence-electron chi connectivity index (χ1n) is 6.88. The molecule has 2 atom stereocenters. The van der Waals surface area contributed by atoms with Crippen molar-refractivity contribution in [3.63, 3.8) is 0 Å². The zero-order valence-corrected chi connectivity index (χ0v) is 11.7. The highest BCUT2D eigenvalue weighted by Gasteiger charge is 2.24. The smallest absolute Gasteiger partial charge is 0.227 e. The Bertz CT molecular complexity index is 465. The van der Waals surface area contributed by atoms with Crippen LogP contribution < -0.4 is 5.73 Å². The number of carbonyl (C=O) groups excluding carboxylic acids is 1. The number of carbonyl (C=O) groups is 1. The molecule has 0 aliphatic carbocycles. The molecule has 0 saturated heterocycles. The fourth-order valence-corrected chi connectivity index (χ4v) is 2.30. The molecular weight excluding hydrogens is 236 g/mol. The molecule has 1 aromatic rings. The summed E-state index contributed by atoms with van der Waals surface area (Å²) < 4.78 is 0. The van der Waals surface area contributed by atoms with Crippen molar-refractivity contribution in [2.24, 2.45) is 11.7 Å². The standard InChI is InChI=1S/C16H22N2O/c1-12(13(2)17)16(19)18-10-8-15(9-11-18)14-6-4-3-5-7-14/h3-8,12-13H,9-11,17H2,1-2H3. The number of hydrogen-bond donors (Lipinski definition) is 1. The summed E-state index contributed by atoms with van der Waals surface area (Å²) in [7, 11) is 0. The van der Waals surface area contributed by atoms with Crippen LogP contribution in [0, 0.1) is 5.92 Å². The van der Waals surface area contributed by atoms with Crippen LogP contribution in [0.3, 0.4) is 0 Å². The minimum atomic E-state index is -0.105. The van der Waals surface area contributed by atoms with Gasteiger partial charge in [-0.15, -0.1) is 0 Å². The summed E-state index contributed by atoms with van der Waals surface area (Å²) in [5.41, 5.74) is 8.39. The van der Waals surface area contributed by atoms with Crippen LogP contribution in [-0.4, -0.2) is 29.9 Å². The first kappa shape index (κ1) is 13.8. The molecule has 0 bridgehead atoms. The third kappa shape index (κ3) is 3.24. The van der Waals surface area contributed by atoms with Crippen LogP contribution in [0.15, 0.2) is 36.4 Å². The molecule has 0 saturated carbocycles. The van der Waals surface area contributed by atoms with Crippen molar-refractivity contribution < 1.29 is 4.79 Å². The van der Waals surface area contributed by atoms with Gasteiger partial charge in [0.25, 0.3) is 0 Å². The summed E-state index contributed by atoms with van der Waals surface area (Å²) in [5, 5.41) is 0. The van der Waals surface area contributed by atoms with Gasteiger partial charge in [-0.3, -0.25) is 4.79 Å². The lowest BCUT2D eigenvalue weighted by molar-refractivity contribution is -0.135. The molecule has 1 heterocycles. The monoisotopic (exact) mass is 258 g/mol. The van der Waals surface area contributed by atoms with Crippen molar-refractivity contribution in [2.75, 3.05) is 13.1 Å². The molecule has 19 heavy (non-hydrogen) atoms. The number of hydrogen-bond acceptors (Lipinski definition) is 2. The molecule has 2 unspecified atom stereocenters. The Morgan fingerprint density at radius 3 is 2.47 bits per heavy atom. The fraction of sp³-hybridized carbons (Fsp3) is 0.438. The highest BCUT2D eigenvalue weighted by Crippen LogP contribution is 2.23. The van der Waals surface area contributed by atoms with Gasteiger partial charge in [0.1, 0.15) is 0 Å². The largest absolute Gasteiger partial charge is 0.338 e. The molecule has 1 aliphatic heterocycles. The van der Waals surface area contributed by atoms with Gasteiger partial charge in [-0.2, -0.15) is 0 Å². The van der Waals surface area contributed by atoms with E-state index >= 15 is 0 Å². The summed E-state index contributed by atoms with van der Waals surface area (Å²) in [6, 6.07) is 10.3. The Kier molecular flexibility index (Phi) is 4.38. The average Bonchev–Trinajstić information content (AvgIpc) is 2.46. The first-order chi connectivity index (χ1) is 9.09. The number of amides is 1. The second-order valence-corrected chi connectivity index (χ2v) is 5.28. The van der Waals surface area contributed by atoms with Crippen LogP contribution in [0.4, 0.5) is 0 Å². The topological polar surface area (TPSA) is 46.3 Å². The molecule has 2 rings (SSSR count). The van der Waals surface area contributed by atoms with Crippen LogP contribution in [0.5, 0.6) is 0 Å². The molecule has 102 valence electrons. The average molecular weight is 258 g/mol. The van der Waals surface area contributed by atoms with Gasteiger partial charge in [0.2, 0.25) is 5.91 Å². The Balaban J connectivity index is 2.02. The van der Waals surface area contributed by atoms with Crippen molar-refractivity contribution in [3.05, 3.63) is 42.0 Å². The molecule has 1 amide bonds. The van der Waals surface area contributed by atoms with Crippen molar-refractivity contribution in [2.45, 2.75) is 26.3 Å². The Morgan fingerprint density at radius 2 is 1.95 bits per heavy atom. The van der Waals surface area contributed by atoms with Crippen molar-refractivity contribution in [3.8, 4) is 0 Å². The highest BCUT2D eigenvalue weighted by atomic mass is 16.2. The van der Waals surface area contributed by atoms with E-state index in [-0.39, 0.29) is 17.9 Å². The van der Waals surface area contributed by atoms with Gasteiger partial charge in [0.05, 0.1) is 5.92 Å². The SMILES string of the molecule is CC(N)C(C)C(=O)N1CC=C(c2ccccc2)CC1. The van der Waals surface area contributed by atoms with Crippen LogP contribution >= 0.6 is 0 Å². The number of nitrogens with two attached hydrogens (primary N) is 1. The van der Waals surface area contributed by atoms with Crippen LogP contribution in [-0.2, 0) is 4.79 Å². The van der Waals surface area contributed by atoms with Crippen molar-refractivity contribution in [1.29, 1.82) is 0 Å². The molecule has 0 aromatic heterocycles. The van der Waals surface area contributed by atoms with Crippen LogP contribution in [0.1, 0.15) is 25.8 Å². The summed E-state index contributed by atoms with van der Waals surface area (Å²) in [4.78, 5) is 14.1. The zero-order chi connectivity index (χ0) is 13.8. The molecule has 0 fully saturated rings. The summed E-state index contributed by atoms with van der Waals surface area (Å²) in [5.74, 6) is 0.0602. The summed E-state index contributed by atoms with van der Waals surface area (Å²) in [6.07, 6.45) is 3.08. The van der Waals surface area contributed by atoms with Gasteiger partial charge in [0.15, 0.2) is 0 Å². The molecule has 0 radical (unpaired) electrons.